The van der Waals surface area contributed by atoms with Crippen LogP contribution in [0.3, 0.4) is 0 Å². The van der Waals surface area contributed by atoms with Gasteiger partial charge in [0.1, 0.15) is 0 Å². The summed E-state index contributed by atoms with van der Waals surface area (Å²) in [6.45, 7) is 6.25. The Morgan fingerprint density at radius 1 is 1.05 bits per heavy atom. The van der Waals surface area contributed by atoms with Gasteiger partial charge in [0.05, 0.1) is 17.3 Å². The molecular weight excluding hydrogens is 260 g/mol. The summed E-state index contributed by atoms with van der Waals surface area (Å²) < 4.78 is 0. The van der Waals surface area contributed by atoms with Crippen LogP contribution in [0.1, 0.15) is 16.7 Å². The molecule has 0 radical (unpaired) electrons. The molecule has 1 N–H and O–H groups in total. The second-order valence-corrected chi connectivity index (χ2v) is 5.09. The molecule has 4 nitrogen and oxygen atoms in total. The molecule has 0 amide bonds. The highest BCUT2D eigenvalue weighted by molar-refractivity contribution is 6.28. The highest BCUT2D eigenvalue weighted by Gasteiger charge is 2.14. The predicted octanol–water partition coefficient (Wildman–Crippen LogP) is 3.60. The summed E-state index contributed by atoms with van der Waals surface area (Å²) in [4.78, 5) is 8.52. The largest absolute Gasteiger partial charge is 0.261 e. The quantitative estimate of drug-likeness (QED) is 0.689. The van der Waals surface area contributed by atoms with E-state index >= 15 is 0 Å². The molecule has 2 aromatic heterocycles. The van der Waals surface area contributed by atoms with Crippen molar-refractivity contribution in [2.24, 2.45) is 0 Å². The van der Waals surface area contributed by atoms with Crippen molar-refractivity contribution in [3.05, 3.63) is 40.3 Å². The van der Waals surface area contributed by atoms with Crippen LogP contribution in [0.25, 0.3) is 22.3 Å². The average molecular weight is 273 g/mol. The fourth-order valence-corrected chi connectivity index (χ4v) is 2.72. The number of fused-ring (bicyclic) bond motifs is 1. The third-order valence-corrected chi connectivity index (χ3v) is 3.37. The number of aromatic amines is 1. The summed E-state index contributed by atoms with van der Waals surface area (Å²) in [5.74, 6) is 0. The van der Waals surface area contributed by atoms with E-state index in [0.717, 1.165) is 16.6 Å². The third kappa shape index (κ3) is 1.98. The van der Waals surface area contributed by atoms with Crippen molar-refractivity contribution in [1.29, 1.82) is 0 Å². The Morgan fingerprint density at radius 2 is 1.74 bits per heavy atom. The summed E-state index contributed by atoms with van der Waals surface area (Å²) >= 11 is 6.00. The Hall–Kier alpha value is -1.94. The van der Waals surface area contributed by atoms with Crippen LogP contribution < -0.4 is 0 Å². The van der Waals surface area contributed by atoms with E-state index in [1.54, 1.807) is 6.20 Å². The van der Waals surface area contributed by atoms with Gasteiger partial charge < -0.3 is 0 Å². The van der Waals surface area contributed by atoms with Crippen LogP contribution in [0.5, 0.6) is 0 Å². The molecule has 0 aliphatic heterocycles. The topological polar surface area (TPSA) is 54.5 Å². The minimum atomic E-state index is 0.228. The van der Waals surface area contributed by atoms with Crippen LogP contribution in [-0.4, -0.2) is 20.2 Å². The second kappa shape index (κ2) is 4.31. The number of hydrogen-bond donors (Lipinski definition) is 1. The third-order valence-electron chi connectivity index (χ3n) is 3.20. The van der Waals surface area contributed by atoms with E-state index in [1.165, 1.54) is 16.7 Å². The van der Waals surface area contributed by atoms with Gasteiger partial charge in [0.25, 0.3) is 0 Å². The number of hydrogen-bond acceptors (Lipinski definition) is 3. The monoisotopic (exact) mass is 272 g/mol. The predicted molar refractivity (Wildman–Crippen MR) is 76.3 cm³/mol. The summed E-state index contributed by atoms with van der Waals surface area (Å²) in [5, 5.41) is 7.97. The summed E-state index contributed by atoms with van der Waals surface area (Å²) in [6.07, 6.45) is 1.74. The van der Waals surface area contributed by atoms with Gasteiger partial charge in [-0.25, -0.2) is 4.98 Å². The van der Waals surface area contributed by atoms with Crippen molar-refractivity contribution < 1.29 is 0 Å². The van der Waals surface area contributed by atoms with Crippen LogP contribution in [0.2, 0.25) is 5.28 Å². The van der Waals surface area contributed by atoms with Gasteiger partial charge in [0.2, 0.25) is 5.28 Å². The molecule has 5 heteroatoms. The SMILES string of the molecule is Cc1cc(C)c(-c2nc(Cl)nc3[nH]ncc23)c(C)c1. The number of rotatable bonds is 1. The Kier molecular flexibility index (Phi) is 2.75. The maximum absolute atomic E-state index is 6.00. The molecule has 3 rings (SSSR count). The first-order valence-electron chi connectivity index (χ1n) is 6.01. The van der Waals surface area contributed by atoms with Crippen LogP contribution in [0.4, 0.5) is 0 Å². The maximum atomic E-state index is 6.00. The normalized spacial score (nSPS) is 11.2. The van der Waals surface area contributed by atoms with Crippen LogP contribution in [0.15, 0.2) is 18.3 Å². The molecule has 0 atom stereocenters. The number of nitrogens with one attached hydrogen (secondary N) is 1. The number of benzene rings is 1. The van der Waals surface area contributed by atoms with Crippen molar-refractivity contribution in [3.8, 4) is 11.3 Å². The lowest BCUT2D eigenvalue weighted by Gasteiger charge is -2.11. The Balaban J connectivity index is 2.39. The number of nitrogens with zero attached hydrogens (tertiary/aromatic N) is 3. The average Bonchev–Trinajstić information content (AvgIpc) is 2.75. The van der Waals surface area contributed by atoms with Crippen molar-refractivity contribution in [2.75, 3.05) is 0 Å². The molecule has 0 aliphatic rings. The van der Waals surface area contributed by atoms with E-state index in [9.17, 15) is 0 Å². The Bertz CT molecular complexity index is 753. The number of aromatic nitrogens is 4. The lowest BCUT2D eigenvalue weighted by Crippen LogP contribution is -1.95. The van der Waals surface area contributed by atoms with E-state index in [0.29, 0.717) is 5.65 Å². The zero-order valence-corrected chi connectivity index (χ0v) is 11.7. The lowest BCUT2D eigenvalue weighted by atomic mass is 9.96. The van der Waals surface area contributed by atoms with E-state index in [1.807, 2.05) is 0 Å². The minimum Gasteiger partial charge on any atom is -0.261 e. The molecule has 0 saturated heterocycles. The first-order valence-corrected chi connectivity index (χ1v) is 6.39. The van der Waals surface area contributed by atoms with Crippen LogP contribution in [-0.2, 0) is 0 Å². The molecule has 2 heterocycles. The van der Waals surface area contributed by atoms with E-state index in [-0.39, 0.29) is 5.28 Å². The van der Waals surface area contributed by atoms with E-state index in [4.69, 9.17) is 11.6 Å². The van der Waals surface area contributed by atoms with Gasteiger partial charge in [0, 0.05) is 5.56 Å². The van der Waals surface area contributed by atoms with Crippen molar-refractivity contribution in [1.82, 2.24) is 20.2 Å². The maximum Gasteiger partial charge on any atom is 0.224 e. The van der Waals surface area contributed by atoms with Gasteiger partial charge in [-0.05, 0) is 43.5 Å². The molecule has 0 spiro atoms. The smallest absolute Gasteiger partial charge is 0.224 e. The fourth-order valence-electron chi connectivity index (χ4n) is 2.55. The number of aryl methyl sites for hydroxylation is 3. The Labute approximate surface area is 115 Å². The summed E-state index contributed by atoms with van der Waals surface area (Å²) in [5.41, 5.74) is 6.18. The van der Waals surface area contributed by atoms with Crippen LogP contribution in [0, 0.1) is 20.8 Å². The number of H-pyrrole nitrogens is 1. The van der Waals surface area contributed by atoms with Gasteiger partial charge in [-0.15, -0.1) is 0 Å². The van der Waals surface area contributed by atoms with Crippen LogP contribution >= 0.6 is 11.6 Å². The molecule has 0 unspecified atom stereocenters. The highest BCUT2D eigenvalue weighted by atomic mass is 35.5. The van der Waals surface area contributed by atoms with E-state index in [2.05, 4.69) is 53.1 Å². The van der Waals surface area contributed by atoms with Crippen molar-refractivity contribution in [2.45, 2.75) is 20.8 Å². The first kappa shape index (κ1) is 12.1. The first-order chi connectivity index (χ1) is 9.06. The molecule has 3 aromatic rings. The van der Waals surface area contributed by atoms with Gasteiger partial charge in [-0.1, -0.05) is 17.7 Å². The fraction of sp³-hybridized carbons (Fsp3) is 0.214. The summed E-state index contributed by atoms with van der Waals surface area (Å²) in [7, 11) is 0. The van der Waals surface area contributed by atoms with Gasteiger partial charge in [-0.3, -0.25) is 5.10 Å². The molecule has 0 aliphatic carbocycles. The van der Waals surface area contributed by atoms with Gasteiger partial charge in [-0.2, -0.15) is 10.1 Å². The van der Waals surface area contributed by atoms with Crippen molar-refractivity contribution >= 4 is 22.6 Å². The summed E-state index contributed by atoms with van der Waals surface area (Å²) in [6, 6.07) is 4.29. The second-order valence-electron chi connectivity index (χ2n) is 4.75. The molecule has 0 saturated carbocycles. The molecule has 19 heavy (non-hydrogen) atoms. The minimum absolute atomic E-state index is 0.228. The zero-order valence-electron chi connectivity index (χ0n) is 11.0. The molecule has 96 valence electrons. The molecule has 0 bridgehead atoms. The zero-order chi connectivity index (χ0) is 13.6. The molecule has 0 fully saturated rings. The molecule has 1 aromatic carbocycles. The standard InChI is InChI=1S/C14H13ClN4/c1-7-4-8(2)11(9(3)5-7)12-10-6-16-19-13(10)18-14(15)17-12/h4-6H,1-3H3,(H,16,17,18,19). The highest BCUT2D eigenvalue weighted by Crippen LogP contribution is 2.32. The number of halogens is 1. The van der Waals surface area contributed by atoms with Crippen molar-refractivity contribution in [3.63, 3.8) is 0 Å². The molecular formula is C14H13ClN4. The van der Waals surface area contributed by atoms with E-state index < -0.39 is 0 Å². The van der Waals surface area contributed by atoms with Gasteiger partial charge in [0.15, 0.2) is 5.65 Å². The lowest BCUT2D eigenvalue weighted by molar-refractivity contribution is 1.09. The van der Waals surface area contributed by atoms with Gasteiger partial charge >= 0.3 is 0 Å². The Morgan fingerprint density at radius 3 is 2.42 bits per heavy atom.